The van der Waals surface area contributed by atoms with E-state index in [2.05, 4.69) is 34.5 Å². The third-order valence-corrected chi connectivity index (χ3v) is 5.35. The lowest BCUT2D eigenvalue weighted by atomic mass is 9.99. The third-order valence-electron chi connectivity index (χ3n) is 5.35. The van der Waals surface area contributed by atoms with Gasteiger partial charge in [0.05, 0.1) is 11.6 Å². The molecule has 3 aromatic rings. The molecule has 0 spiro atoms. The zero-order valence-electron chi connectivity index (χ0n) is 15.6. The lowest BCUT2D eigenvalue weighted by Crippen LogP contribution is -2.29. The van der Waals surface area contributed by atoms with Crippen molar-refractivity contribution in [2.45, 2.75) is 25.8 Å². The summed E-state index contributed by atoms with van der Waals surface area (Å²) in [4.78, 5) is 15.4. The van der Waals surface area contributed by atoms with E-state index >= 15 is 0 Å². The highest BCUT2D eigenvalue weighted by molar-refractivity contribution is 6.01. The number of hydrogen-bond acceptors (Lipinski definition) is 3. The molecule has 3 aromatic carbocycles. The van der Waals surface area contributed by atoms with Crippen LogP contribution >= 0.6 is 0 Å². The number of amides is 1. The molecule has 1 fully saturated rings. The average Bonchev–Trinajstić information content (AvgIpc) is 3.22. The molecule has 0 bridgehead atoms. The number of rotatable bonds is 4. The number of nitrogens with zero attached hydrogens (tertiary/aromatic N) is 1. The first kappa shape index (κ1) is 17.4. The molecule has 0 unspecified atom stereocenters. The Morgan fingerprint density at radius 2 is 1.78 bits per heavy atom. The van der Waals surface area contributed by atoms with Crippen LogP contribution in [0.4, 0.5) is 11.4 Å². The first-order valence-electron chi connectivity index (χ1n) is 9.56. The molecule has 1 heterocycles. The van der Waals surface area contributed by atoms with Crippen LogP contribution in [0.3, 0.4) is 0 Å². The van der Waals surface area contributed by atoms with E-state index < -0.39 is 0 Å². The van der Waals surface area contributed by atoms with Crippen LogP contribution in [-0.4, -0.2) is 19.0 Å². The Morgan fingerprint density at radius 1 is 1.04 bits per heavy atom. The number of nitrogen functional groups attached to an aromatic ring is 1. The number of hydrogen-bond donors (Lipinski definition) is 2. The maximum absolute atomic E-state index is 13.1. The second-order valence-corrected chi connectivity index (χ2v) is 7.23. The van der Waals surface area contributed by atoms with Crippen LogP contribution in [0.5, 0.6) is 0 Å². The fraction of sp³-hybridized carbons (Fsp3) is 0.261. The number of fused-ring (bicyclic) bond motifs is 1. The summed E-state index contributed by atoms with van der Waals surface area (Å²) in [6, 6.07) is 20.0. The van der Waals surface area contributed by atoms with Crippen molar-refractivity contribution >= 4 is 28.1 Å². The summed E-state index contributed by atoms with van der Waals surface area (Å²) in [5, 5.41) is 5.52. The minimum Gasteiger partial charge on any atom is -0.399 e. The van der Waals surface area contributed by atoms with Crippen molar-refractivity contribution < 1.29 is 4.79 Å². The van der Waals surface area contributed by atoms with E-state index in [-0.39, 0.29) is 11.9 Å². The minimum absolute atomic E-state index is 0.0790. The fourth-order valence-electron chi connectivity index (χ4n) is 3.95. The number of benzene rings is 3. The van der Waals surface area contributed by atoms with Gasteiger partial charge in [0.2, 0.25) is 0 Å². The second kappa shape index (κ2) is 7.31. The van der Waals surface area contributed by atoms with Gasteiger partial charge in [-0.15, -0.1) is 0 Å². The van der Waals surface area contributed by atoms with E-state index in [0.29, 0.717) is 11.3 Å². The SMILES string of the molecule is C[C@@H](NC(=O)c1cc(N)ccc1N1CCCC1)c1cccc2ccccc12. The summed E-state index contributed by atoms with van der Waals surface area (Å²) in [5.74, 6) is -0.0790. The van der Waals surface area contributed by atoms with Crippen molar-refractivity contribution in [3.8, 4) is 0 Å². The highest BCUT2D eigenvalue weighted by atomic mass is 16.1. The Bertz CT molecular complexity index is 971. The Labute approximate surface area is 160 Å². The van der Waals surface area contributed by atoms with Crippen LogP contribution in [0.1, 0.15) is 41.7 Å². The first-order valence-corrected chi connectivity index (χ1v) is 9.56. The fourth-order valence-corrected chi connectivity index (χ4v) is 3.95. The molecule has 138 valence electrons. The third kappa shape index (κ3) is 3.47. The molecule has 4 nitrogen and oxygen atoms in total. The van der Waals surface area contributed by atoms with E-state index in [1.165, 1.54) is 10.8 Å². The topological polar surface area (TPSA) is 58.4 Å². The zero-order chi connectivity index (χ0) is 18.8. The molecule has 0 saturated carbocycles. The van der Waals surface area contributed by atoms with Gasteiger partial charge in [-0.25, -0.2) is 0 Å². The summed E-state index contributed by atoms with van der Waals surface area (Å²) in [7, 11) is 0. The molecule has 3 N–H and O–H groups in total. The molecule has 1 amide bonds. The smallest absolute Gasteiger partial charge is 0.253 e. The Kier molecular flexibility index (Phi) is 4.71. The lowest BCUT2D eigenvalue weighted by Gasteiger charge is -2.23. The standard InChI is InChI=1S/C23H25N3O/c1-16(19-10-6-8-17-7-2-3-9-20(17)19)25-23(27)21-15-18(24)11-12-22(21)26-13-4-5-14-26/h2-3,6-12,15-16H,4-5,13-14,24H2,1H3,(H,25,27)/t16-/m1/s1. The molecular weight excluding hydrogens is 334 g/mol. The molecule has 1 aliphatic rings. The van der Waals surface area contributed by atoms with Gasteiger partial charge in [0, 0.05) is 24.5 Å². The van der Waals surface area contributed by atoms with Crippen LogP contribution in [0.15, 0.2) is 60.7 Å². The molecule has 1 aliphatic heterocycles. The molecule has 1 atom stereocenters. The molecule has 0 aromatic heterocycles. The first-order chi connectivity index (χ1) is 13.1. The number of nitrogens with two attached hydrogens (primary N) is 1. The molecule has 4 heteroatoms. The quantitative estimate of drug-likeness (QED) is 0.674. The monoisotopic (exact) mass is 359 g/mol. The van der Waals surface area contributed by atoms with Gasteiger partial charge < -0.3 is 16.0 Å². The number of anilines is 2. The van der Waals surface area contributed by atoms with Crippen molar-refractivity contribution in [1.82, 2.24) is 5.32 Å². The summed E-state index contributed by atoms with van der Waals surface area (Å²) in [5.41, 5.74) is 9.35. The van der Waals surface area contributed by atoms with E-state index in [9.17, 15) is 4.79 Å². The molecule has 4 rings (SSSR count). The largest absolute Gasteiger partial charge is 0.399 e. The molecule has 27 heavy (non-hydrogen) atoms. The van der Waals surface area contributed by atoms with Crippen LogP contribution in [-0.2, 0) is 0 Å². The van der Waals surface area contributed by atoms with Crippen LogP contribution in [0.25, 0.3) is 10.8 Å². The van der Waals surface area contributed by atoms with Crippen LogP contribution in [0, 0.1) is 0 Å². The maximum atomic E-state index is 13.1. The summed E-state index contributed by atoms with van der Waals surface area (Å²) in [6.07, 6.45) is 2.33. The van der Waals surface area contributed by atoms with Crippen molar-refractivity contribution in [3.63, 3.8) is 0 Å². The predicted molar refractivity (Wildman–Crippen MR) is 112 cm³/mol. The van der Waals surface area contributed by atoms with Crippen molar-refractivity contribution in [3.05, 3.63) is 71.8 Å². The van der Waals surface area contributed by atoms with Gasteiger partial charge in [0.15, 0.2) is 0 Å². The summed E-state index contributed by atoms with van der Waals surface area (Å²) >= 11 is 0. The highest BCUT2D eigenvalue weighted by Crippen LogP contribution is 2.28. The maximum Gasteiger partial charge on any atom is 0.253 e. The Hall–Kier alpha value is -3.01. The zero-order valence-corrected chi connectivity index (χ0v) is 15.6. The number of carbonyl (C=O) groups excluding carboxylic acids is 1. The minimum atomic E-state index is -0.101. The molecule has 0 radical (unpaired) electrons. The summed E-state index contributed by atoms with van der Waals surface area (Å²) < 4.78 is 0. The van der Waals surface area contributed by atoms with Gasteiger partial charge in [0.25, 0.3) is 5.91 Å². The lowest BCUT2D eigenvalue weighted by molar-refractivity contribution is 0.0940. The van der Waals surface area contributed by atoms with Crippen LogP contribution < -0.4 is 16.0 Å². The number of carbonyl (C=O) groups is 1. The van der Waals surface area contributed by atoms with Crippen molar-refractivity contribution in [2.24, 2.45) is 0 Å². The van der Waals surface area contributed by atoms with Gasteiger partial charge in [-0.05, 0) is 54.3 Å². The van der Waals surface area contributed by atoms with Gasteiger partial charge in [-0.2, -0.15) is 0 Å². The van der Waals surface area contributed by atoms with E-state index in [1.54, 1.807) is 6.07 Å². The number of nitrogens with one attached hydrogen (secondary N) is 1. The van der Waals surface area contributed by atoms with Crippen molar-refractivity contribution in [1.29, 1.82) is 0 Å². The van der Waals surface area contributed by atoms with Gasteiger partial charge in [-0.1, -0.05) is 42.5 Å². The average molecular weight is 359 g/mol. The molecular formula is C23H25N3O. The molecule has 0 aliphatic carbocycles. The van der Waals surface area contributed by atoms with Gasteiger partial charge in [0.1, 0.15) is 0 Å². The van der Waals surface area contributed by atoms with E-state index in [4.69, 9.17) is 5.73 Å². The van der Waals surface area contributed by atoms with Gasteiger partial charge in [-0.3, -0.25) is 4.79 Å². The van der Waals surface area contributed by atoms with Crippen LogP contribution in [0.2, 0.25) is 0 Å². The Morgan fingerprint density at radius 3 is 2.59 bits per heavy atom. The summed E-state index contributed by atoms with van der Waals surface area (Å²) in [6.45, 7) is 4.01. The van der Waals surface area contributed by atoms with E-state index in [1.807, 2.05) is 37.3 Å². The highest BCUT2D eigenvalue weighted by Gasteiger charge is 2.21. The molecule has 1 saturated heterocycles. The van der Waals surface area contributed by atoms with E-state index in [0.717, 1.165) is 37.2 Å². The normalized spacial score (nSPS) is 15.1. The predicted octanol–water partition coefficient (Wildman–Crippen LogP) is 4.51. The Balaban J connectivity index is 1.63. The van der Waals surface area contributed by atoms with Gasteiger partial charge >= 0.3 is 0 Å². The van der Waals surface area contributed by atoms with Crippen molar-refractivity contribution in [2.75, 3.05) is 23.7 Å². The second-order valence-electron chi connectivity index (χ2n) is 7.23.